The van der Waals surface area contributed by atoms with Crippen molar-refractivity contribution in [1.82, 2.24) is 0 Å². The Labute approximate surface area is 87.9 Å². The van der Waals surface area contributed by atoms with Crippen molar-refractivity contribution in [3.05, 3.63) is 34.9 Å². The van der Waals surface area contributed by atoms with Gasteiger partial charge in [0.25, 0.3) is 0 Å². The molecule has 0 aliphatic rings. The molecule has 0 heterocycles. The van der Waals surface area contributed by atoms with Crippen LogP contribution in [0.5, 0.6) is 0 Å². The van der Waals surface area contributed by atoms with Crippen molar-refractivity contribution in [2.24, 2.45) is 5.92 Å². The molecule has 1 aromatic carbocycles. The summed E-state index contributed by atoms with van der Waals surface area (Å²) in [6, 6.07) is 6.42. The number of benzene rings is 1. The van der Waals surface area contributed by atoms with Gasteiger partial charge in [0.05, 0.1) is 0 Å². The topological polar surface area (TPSA) is 34.1 Å². The number of hydrogen-bond donors (Lipinski definition) is 0. The Balaban J connectivity index is 2.95. The highest BCUT2D eigenvalue weighted by Gasteiger charge is 2.19. The van der Waals surface area contributed by atoms with E-state index in [1.807, 2.05) is 0 Å². The van der Waals surface area contributed by atoms with Gasteiger partial charge in [-0.15, -0.1) is 0 Å². The molecule has 0 spiro atoms. The third-order valence-electron chi connectivity index (χ3n) is 1.83. The molecule has 74 valence electrons. The van der Waals surface area contributed by atoms with E-state index < -0.39 is 5.78 Å². The normalized spacial score (nSPS) is 10.3. The molecule has 2 nitrogen and oxygen atoms in total. The molecule has 0 bridgehead atoms. The summed E-state index contributed by atoms with van der Waals surface area (Å²) in [6.07, 6.45) is 0. The molecule has 0 saturated heterocycles. The number of carbonyl (C=O) groups excluding carboxylic acids is 2. The van der Waals surface area contributed by atoms with E-state index >= 15 is 0 Å². The van der Waals surface area contributed by atoms with E-state index in [4.69, 9.17) is 11.6 Å². The zero-order valence-corrected chi connectivity index (χ0v) is 8.84. The molecule has 0 amide bonds. The van der Waals surface area contributed by atoms with E-state index in [0.717, 1.165) is 0 Å². The van der Waals surface area contributed by atoms with Crippen LogP contribution in [0.25, 0.3) is 0 Å². The lowest BCUT2D eigenvalue weighted by atomic mass is 10.00. The lowest BCUT2D eigenvalue weighted by Gasteiger charge is -2.02. The first-order valence-electron chi connectivity index (χ1n) is 4.36. The van der Waals surface area contributed by atoms with E-state index in [0.29, 0.717) is 10.6 Å². The zero-order chi connectivity index (χ0) is 10.7. The van der Waals surface area contributed by atoms with Crippen LogP contribution in [0.3, 0.4) is 0 Å². The number of hydrogen-bond acceptors (Lipinski definition) is 2. The number of Topliss-reactive ketones (excluding diaryl/α,β-unsaturated/α-hetero) is 2. The SMILES string of the molecule is CC(C)C(=O)C(=O)c1cccc(Cl)c1. The van der Waals surface area contributed by atoms with Crippen molar-refractivity contribution in [2.75, 3.05) is 0 Å². The van der Waals surface area contributed by atoms with Gasteiger partial charge >= 0.3 is 0 Å². The molecule has 0 aliphatic heterocycles. The van der Waals surface area contributed by atoms with Crippen LogP contribution < -0.4 is 0 Å². The molecule has 0 unspecified atom stereocenters. The van der Waals surface area contributed by atoms with Gasteiger partial charge in [0.2, 0.25) is 11.6 Å². The molecule has 1 aromatic rings. The average molecular weight is 211 g/mol. The molecule has 0 aliphatic carbocycles. The maximum atomic E-state index is 11.5. The maximum Gasteiger partial charge on any atom is 0.228 e. The fraction of sp³-hybridized carbons (Fsp3) is 0.273. The molecule has 1 rings (SSSR count). The van der Waals surface area contributed by atoms with Crippen molar-refractivity contribution < 1.29 is 9.59 Å². The molecule has 14 heavy (non-hydrogen) atoms. The quantitative estimate of drug-likeness (QED) is 0.568. The van der Waals surface area contributed by atoms with Crippen molar-refractivity contribution in [1.29, 1.82) is 0 Å². The Morgan fingerprint density at radius 1 is 1.29 bits per heavy atom. The Hall–Kier alpha value is -1.15. The van der Waals surface area contributed by atoms with Crippen LogP contribution in [0.1, 0.15) is 24.2 Å². The fourth-order valence-corrected chi connectivity index (χ4v) is 1.22. The van der Waals surface area contributed by atoms with Gasteiger partial charge in [0.15, 0.2) is 0 Å². The Morgan fingerprint density at radius 3 is 2.43 bits per heavy atom. The summed E-state index contributed by atoms with van der Waals surface area (Å²) in [5, 5.41) is 0.465. The average Bonchev–Trinajstić information content (AvgIpc) is 2.15. The summed E-state index contributed by atoms with van der Waals surface area (Å²) >= 11 is 5.71. The molecular formula is C11H11ClO2. The summed E-state index contributed by atoms with van der Waals surface area (Å²) in [7, 11) is 0. The molecular weight excluding hydrogens is 200 g/mol. The number of ketones is 2. The number of rotatable bonds is 3. The highest BCUT2D eigenvalue weighted by atomic mass is 35.5. The minimum Gasteiger partial charge on any atom is -0.290 e. The first-order chi connectivity index (χ1) is 6.52. The molecule has 0 radical (unpaired) electrons. The summed E-state index contributed by atoms with van der Waals surface area (Å²) in [5.41, 5.74) is 0.358. The van der Waals surface area contributed by atoms with Crippen LogP contribution in [0, 0.1) is 5.92 Å². The zero-order valence-electron chi connectivity index (χ0n) is 8.08. The van der Waals surface area contributed by atoms with Crippen LogP contribution in [0.2, 0.25) is 5.02 Å². The Bertz CT molecular complexity index is 369. The minimum absolute atomic E-state index is 0.276. The van der Waals surface area contributed by atoms with Gasteiger partial charge in [-0.2, -0.15) is 0 Å². The van der Waals surface area contributed by atoms with Gasteiger partial charge in [-0.1, -0.05) is 37.6 Å². The predicted octanol–water partition coefficient (Wildman–Crippen LogP) is 2.75. The molecule has 0 N–H and O–H groups in total. The van der Waals surface area contributed by atoms with E-state index in [-0.39, 0.29) is 11.7 Å². The first kappa shape index (κ1) is 10.9. The molecule has 0 aromatic heterocycles. The van der Waals surface area contributed by atoms with Gasteiger partial charge in [-0.05, 0) is 12.1 Å². The second-order valence-electron chi connectivity index (χ2n) is 3.36. The first-order valence-corrected chi connectivity index (χ1v) is 4.74. The van der Waals surface area contributed by atoms with Gasteiger partial charge in [0, 0.05) is 16.5 Å². The lowest BCUT2D eigenvalue weighted by Crippen LogP contribution is -2.19. The Morgan fingerprint density at radius 2 is 1.93 bits per heavy atom. The van der Waals surface area contributed by atoms with Crippen LogP contribution in [0.15, 0.2) is 24.3 Å². The van der Waals surface area contributed by atoms with Crippen molar-refractivity contribution in [3.8, 4) is 0 Å². The summed E-state index contributed by atoms with van der Waals surface area (Å²) in [6.45, 7) is 3.40. The standard InChI is InChI=1S/C11H11ClO2/c1-7(2)10(13)11(14)8-4-3-5-9(12)6-8/h3-7H,1-2H3. The second kappa shape index (κ2) is 4.38. The molecule has 0 fully saturated rings. The fourth-order valence-electron chi connectivity index (χ4n) is 1.03. The number of carbonyl (C=O) groups is 2. The molecule has 3 heteroatoms. The van der Waals surface area contributed by atoms with Gasteiger partial charge in [0.1, 0.15) is 0 Å². The van der Waals surface area contributed by atoms with E-state index in [2.05, 4.69) is 0 Å². The van der Waals surface area contributed by atoms with Crippen molar-refractivity contribution >= 4 is 23.2 Å². The smallest absolute Gasteiger partial charge is 0.228 e. The van der Waals surface area contributed by atoms with Crippen LogP contribution >= 0.6 is 11.6 Å². The van der Waals surface area contributed by atoms with E-state index in [1.165, 1.54) is 6.07 Å². The van der Waals surface area contributed by atoms with E-state index in [9.17, 15) is 9.59 Å². The van der Waals surface area contributed by atoms with Crippen molar-refractivity contribution in [3.63, 3.8) is 0 Å². The number of halogens is 1. The molecule has 0 saturated carbocycles. The highest BCUT2D eigenvalue weighted by molar-refractivity contribution is 6.44. The maximum absolute atomic E-state index is 11.5. The monoisotopic (exact) mass is 210 g/mol. The van der Waals surface area contributed by atoms with Gasteiger partial charge in [-0.3, -0.25) is 9.59 Å². The minimum atomic E-state index is -0.470. The van der Waals surface area contributed by atoms with Crippen molar-refractivity contribution in [2.45, 2.75) is 13.8 Å². The predicted molar refractivity (Wildman–Crippen MR) is 55.6 cm³/mol. The van der Waals surface area contributed by atoms with Crippen LogP contribution in [-0.2, 0) is 4.79 Å². The summed E-state index contributed by atoms with van der Waals surface area (Å²) < 4.78 is 0. The lowest BCUT2D eigenvalue weighted by molar-refractivity contribution is -0.117. The highest BCUT2D eigenvalue weighted by Crippen LogP contribution is 2.12. The second-order valence-corrected chi connectivity index (χ2v) is 3.79. The summed E-state index contributed by atoms with van der Waals surface area (Å²) in [4.78, 5) is 22.9. The third kappa shape index (κ3) is 2.42. The third-order valence-corrected chi connectivity index (χ3v) is 2.07. The van der Waals surface area contributed by atoms with E-state index in [1.54, 1.807) is 32.0 Å². The van der Waals surface area contributed by atoms with Gasteiger partial charge < -0.3 is 0 Å². The van der Waals surface area contributed by atoms with Gasteiger partial charge in [-0.25, -0.2) is 0 Å². The summed E-state index contributed by atoms with van der Waals surface area (Å²) in [5.74, 6) is -1.13. The Kier molecular flexibility index (Phi) is 3.42. The molecule has 0 atom stereocenters. The van der Waals surface area contributed by atoms with Crippen LogP contribution in [-0.4, -0.2) is 11.6 Å². The van der Waals surface area contributed by atoms with Crippen LogP contribution in [0.4, 0.5) is 0 Å². The largest absolute Gasteiger partial charge is 0.290 e.